The van der Waals surface area contributed by atoms with Crippen LogP contribution in [0.2, 0.25) is 0 Å². The van der Waals surface area contributed by atoms with Gasteiger partial charge in [0, 0.05) is 27.2 Å². The van der Waals surface area contributed by atoms with Crippen LogP contribution in [0.25, 0.3) is 0 Å². The lowest BCUT2D eigenvalue weighted by atomic mass is 9.96. The van der Waals surface area contributed by atoms with Gasteiger partial charge in [0.1, 0.15) is 5.75 Å². The summed E-state index contributed by atoms with van der Waals surface area (Å²) in [5.74, 6) is 0.370. The van der Waals surface area contributed by atoms with E-state index in [9.17, 15) is 14.4 Å². The maximum absolute atomic E-state index is 13.1. The highest BCUT2D eigenvalue weighted by Crippen LogP contribution is 2.35. The van der Waals surface area contributed by atoms with Crippen LogP contribution in [-0.2, 0) is 9.59 Å². The standard InChI is InChI=1S/C23H33N5O4S/c1-26-20-18(22(30)27(2)23(26)31)21(33-14-17(29)28-11-6-4-5-7-12-28)25-19(24-20)15-9-8-10-16(13-15)32-3/h8-10,13,18-21,24-25H,4-7,11-12,14H2,1-3H3. The van der Waals surface area contributed by atoms with Crippen LogP contribution in [0.1, 0.15) is 37.4 Å². The second-order valence-electron chi connectivity index (χ2n) is 8.83. The molecule has 0 aliphatic carbocycles. The van der Waals surface area contributed by atoms with Gasteiger partial charge >= 0.3 is 6.03 Å². The smallest absolute Gasteiger partial charge is 0.327 e. The third-order valence-electron chi connectivity index (χ3n) is 6.73. The van der Waals surface area contributed by atoms with Crippen LogP contribution in [0, 0.1) is 5.92 Å². The number of carbonyl (C=O) groups excluding carboxylic acids is 3. The minimum atomic E-state index is -0.513. The molecule has 1 aromatic carbocycles. The summed E-state index contributed by atoms with van der Waals surface area (Å²) in [6.07, 6.45) is 3.63. The highest BCUT2D eigenvalue weighted by molar-refractivity contribution is 8.00. The molecular formula is C23H33N5O4S. The van der Waals surface area contributed by atoms with Gasteiger partial charge in [0.2, 0.25) is 11.8 Å². The average Bonchev–Trinajstić information content (AvgIpc) is 3.14. The summed E-state index contributed by atoms with van der Waals surface area (Å²) < 4.78 is 5.37. The Balaban J connectivity index is 1.55. The number of thioether (sulfide) groups is 1. The highest BCUT2D eigenvalue weighted by Gasteiger charge is 2.51. The number of nitrogens with zero attached hydrogens (tertiary/aromatic N) is 3. The molecule has 0 radical (unpaired) electrons. The number of nitrogens with one attached hydrogen (secondary N) is 2. The number of rotatable bonds is 5. The van der Waals surface area contributed by atoms with E-state index in [1.165, 1.54) is 36.6 Å². The van der Waals surface area contributed by atoms with Crippen molar-refractivity contribution in [2.24, 2.45) is 5.92 Å². The van der Waals surface area contributed by atoms with Gasteiger partial charge in [-0.3, -0.25) is 25.1 Å². The summed E-state index contributed by atoms with van der Waals surface area (Å²) in [7, 11) is 4.83. The molecule has 4 atom stereocenters. The molecular weight excluding hydrogens is 442 g/mol. The number of methoxy groups -OCH3 is 1. The maximum Gasteiger partial charge on any atom is 0.327 e. The average molecular weight is 476 g/mol. The Hall–Kier alpha value is -2.30. The largest absolute Gasteiger partial charge is 0.497 e. The van der Waals surface area contributed by atoms with Crippen molar-refractivity contribution in [1.29, 1.82) is 0 Å². The molecule has 3 heterocycles. The minimum Gasteiger partial charge on any atom is -0.497 e. The van der Waals surface area contributed by atoms with Gasteiger partial charge in [-0.15, -0.1) is 11.8 Å². The number of benzene rings is 1. The molecule has 0 spiro atoms. The van der Waals surface area contributed by atoms with Crippen LogP contribution in [0.4, 0.5) is 4.79 Å². The van der Waals surface area contributed by atoms with Crippen molar-refractivity contribution in [2.45, 2.75) is 43.4 Å². The third kappa shape index (κ3) is 4.97. The van der Waals surface area contributed by atoms with Crippen molar-refractivity contribution >= 4 is 29.6 Å². The monoisotopic (exact) mass is 475 g/mol. The number of urea groups is 1. The maximum atomic E-state index is 13.1. The van der Waals surface area contributed by atoms with E-state index in [2.05, 4.69) is 10.6 Å². The topological polar surface area (TPSA) is 94.2 Å². The van der Waals surface area contributed by atoms with Gasteiger partial charge < -0.3 is 14.5 Å². The van der Waals surface area contributed by atoms with Crippen LogP contribution in [-0.4, -0.2) is 84.1 Å². The van der Waals surface area contributed by atoms with Crippen molar-refractivity contribution in [3.8, 4) is 5.75 Å². The lowest BCUT2D eigenvalue weighted by Crippen LogP contribution is -2.72. The fourth-order valence-electron chi connectivity index (χ4n) is 4.78. The van der Waals surface area contributed by atoms with Crippen molar-refractivity contribution in [3.63, 3.8) is 0 Å². The number of fused-ring (bicyclic) bond motifs is 1. The first-order chi connectivity index (χ1) is 15.9. The van der Waals surface area contributed by atoms with E-state index in [0.29, 0.717) is 5.75 Å². The first kappa shape index (κ1) is 23.8. The Morgan fingerprint density at radius 2 is 1.85 bits per heavy atom. The van der Waals surface area contributed by atoms with E-state index in [1.54, 1.807) is 19.1 Å². The van der Waals surface area contributed by atoms with E-state index in [0.717, 1.165) is 37.2 Å². The zero-order valence-corrected chi connectivity index (χ0v) is 20.3. The van der Waals surface area contributed by atoms with E-state index >= 15 is 0 Å². The molecule has 33 heavy (non-hydrogen) atoms. The molecule has 2 N–H and O–H groups in total. The number of likely N-dealkylation sites (tertiary alicyclic amines) is 1. The van der Waals surface area contributed by atoms with E-state index in [-0.39, 0.29) is 29.4 Å². The number of ether oxygens (including phenoxy) is 1. The van der Waals surface area contributed by atoms with Gasteiger partial charge in [-0.2, -0.15) is 0 Å². The zero-order valence-electron chi connectivity index (χ0n) is 19.5. The molecule has 3 aliphatic heterocycles. The molecule has 3 fully saturated rings. The van der Waals surface area contributed by atoms with Crippen LogP contribution in [0.5, 0.6) is 5.75 Å². The molecule has 4 rings (SSSR count). The Kier molecular flexibility index (Phi) is 7.45. The summed E-state index contributed by atoms with van der Waals surface area (Å²) in [6.45, 7) is 1.60. The Labute approximate surface area is 199 Å². The molecule has 4 amide bonds. The first-order valence-corrected chi connectivity index (χ1v) is 12.6. The van der Waals surface area contributed by atoms with E-state index in [1.807, 2.05) is 29.2 Å². The quantitative estimate of drug-likeness (QED) is 0.671. The number of carbonyl (C=O) groups is 3. The molecule has 3 aliphatic rings. The predicted octanol–water partition coefficient (Wildman–Crippen LogP) is 1.81. The summed E-state index contributed by atoms with van der Waals surface area (Å²) in [6, 6.07) is 7.33. The van der Waals surface area contributed by atoms with Gasteiger partial charge in [-0.05, 0) is 30.5 Å². The summed E-state index contributed by atoms with van der Waals surface area (Å²) in [4.78, 5) is 43.4. The van der Waals surface area contributed by atoms with Crippen molar-refractivity contribution in [3.05, 3.63) is 29.8 Å². The SMILES string of the molecule is COc1cccc(C2NC(SCC(=O)N3CCCCCC3)C3C(=O)N(C)C(=O)N(C)C3N2)c1. The zero-order chi connectivity index (χ0) is 23.5. The van der Waals surface area contributed by atoms with Crippen molar-refractivity contribution in [1.82, 2.24) is 25.3 Å². The number of hydrogen-bond acceptors (Lipinski definition) is 7. The lowest BCUT2D eigenvalue weighted by Gasteiger charge is -2.50. The number of imide groups is 1. The fraction of sp³-hybridized carbons (Fsp3) is 0.609. The molecule has 3 saturated heterocycles. The van der Waals surface area contributed by atoms with Gasteiger partial charge in [-0.25, -0.2) is 4.79 Å². The molecule has 1 aromatic rings. The van der Waals surface area contributed by atoms with Crippen molar-refractivity contribution < 1.29 is 19.1 Å². The van der Waals surface area contributed by atoms with Gasteiger partial charge in [0.15, 0.2) is 0 Å². The fourth-order valence-corrected chi connectivity index (χ4v) is 5.99. The summed E-state index contributed by atoms with van der Waals surface area (Å²) in [5.41, 5.74) is 0.935. The molecule has 10 heteroatoms. The molecule has 9 nitrogen and oxygen atoms in total. The minimum absolute atomic E-state index is 0.109. The van der Waals surface area contributed by atoms with E-state index in [4.69, 9.17) is 4.74 Å². The molecule has 0 bridgehead atoms. The normalized spacial score (nSPS) is 28.4. The van der Waals surface area contributed by atoms with Gasteiger partial charge in [-0.1, -0.05) is 25.0 Å². The van der Waals surface area contributed by atoms with E-state index < -0.39 is 12.1 Å². The summed E-state index contributed by atoms with van der Waals surface area (Å²) in [5, 5.41) is 6.60. The van der Waals surface area contributed by atoms with Gasteiger partial charge in [0.05, 0.1) is 36.5 Å². The van der Waals surface area contributed by atoms with Crippen LogP contribution in [0.15, 0.2) is 24.3 Å². The molecule has 0 aromatic heterocycles. The Morgan fingerprint density at radius 3 is 2.55 bits per heavy atom. The van der Waals surface area contributed by atoms with Crippen LogP contribution >= 0.6 is 11.8 Å². The third-order valence-corrected chi connectivity index (χ3v) is 7.93. The molecule has 4 unspecified atom stereocenters. The van der Waals surface area contributed by atoms with Crippen LogP contribution < -0.4 is 15.4 Å². The Bertz CT molecular complexity index is 891. The van der Waals surface area contributed by atoms with Crippen molar-refractivity contribution in [2.75, 3.05) is 40.0 Å². The van der Waals surface area contributed by atoms with Crippen LogP contribution in [0.3, 0.4) is 0 Å². The first-order valence-electron chi connectivity index (χ1n) is 11.5. The predicted molar refractivity (Wildman–Crippen MR) is 127 cm³/mol. The summed E-state index contributed by atoms with van der Waals surface area (Å²) >= 11 is 1.45. The lowest BCUT2D eigenvalue weighted by molar-refractivity contribution is -0.140. The number of amides is 4. The van der Waals surface area contributed by atoms with Gasteiger partial charge in [0.25, 0.3) is 0 Å². The number of hydrogen-bond donors (Lipinski definition) is 2. The Morgan fingerprint density at radius 1 is 1.12 bits per heavy atom. The highest BCUT2D eigenvalue weighted by atomic mass is 32.2. The second kappa shape index (κ2) is 10.3. The molecule has 180 valence electrons. The molecule has 0 saturated carbocycles. The second-order valence-corrected chi connectivity index (χ2v) is 9.96.